The molecule has 2 aromatic heterocycles. The van der Waals surface area contributed by atoms with Crippen molar-refractivity contribution >= 4 is 33.1 Å². The fraction of sp³-hybridized carbons (Fsp3) is 0. The molecule has 0 unspecified atom stereocenters. The molecule has 0 fully saturated rings. The molecule has 4 rings (SSSR count). The monoisotopic (exact) mass is 220 g/mol. The third-order valence-corrected chi connectivity index (χ3v) is 2.92. The normalized spacial score (nSPS) is 11.5. The van der Waals surface area contributed by atoms with Gasteiger partial charge in [-0.25, -0.2) is 15.0 Å². The van der Waals surface area contributed by atoms with Crippen molar-refractivity contribution in [1.29, 1.82) is 0 Å². The predicted molar refractivity (Wildman–Crippen MR) is 66.7 cm³/mol. The number of nitrogens with zero attached hydrogens (tertiary/aromatic N) is 3. The van der Waals surface area contributed by atoms with Gasteiger partial charge in [-0.05, 0) is 24.3 Å². The summed E-state index contributed by atoms with van der Waals surface area (Å²) in [7, 11) is 0. The number of para-hydroxylation sites is 2. The van der Waals surface area contributed by atoms with E-state index in [9.17, 15) is 0 Å². The summed E-state index contributed by atoms with van der Waals surface area (Å²) in [5.41, 5.74) is 5.56. The molecule has 1 N–H and O–H groups in total. The number of rotatable bonds is 0. The largest absolute Gasteiger partial charge is 0.352 e. The summed E-state index contributed by atoms with van der Waals surface area (Å²) in [5.74, 6) is 0. The van der Waals surface area contributed by atoms with Crippen LogP contribution in [-0.4, -0.2) is 19.9 Å². The van der Waals surface area contributed by atoms with Gasteiger partial charge in [-0.3, -0.25) is 0 Å². The van der Waals surface area contributed by atoms with E-state index >= 15 is 0 Å². The van der Waals surface area contributed by atoms with E-state index in [4.69, 9.17) is 0 Å². The maximum Gasteiger partial charge on any atom is 0.118 e. The van der Waals surface area contributed by atoms with Gasteiger partial charge in [0.15, 0.2) is 0 Å². The average Bonchev–Trinajstić information content (AvgIpc) is 2.85. The Morgan fingerprint density at radius 3 is 2.71 bits per heavy atom. The Bertz CT molecular complexity index is 848. The number of hydrogen-bond acceptors (Lipinski definition) is 3. The van der Waals surface area contributed by atoms with Gasteiger partial charge in [-0.1, -0.05) is 12.1 Å². The highest BCUT2D eigenvalue weighted by molar-refractivity contribution is 6.02. The smallest absolute Gasteiger partial charge is 0.118 e. The van der Waals surface area contributed by atoms with Crippen LogP contribution in [0.4, 0.5) is 0 Å². The molecule has 0 saturated carbocycles. The molecule has 0 aliphatic heterocycles. The highest BCUT2D eigenvalue weighted by Gasteiger charge is 2.06. The van der Waals surface area contributed by atoms with Crippen LogP contribution in [-0.2, 0) is 0 Å². The van der Waals surface area contributed by atoms with Crippen LogP contribution in [0.2, 0.25) is 0 Å². The first kappa shape index (κ1) is 8.64. The quantitative estimate of drug-likeness (QED) is 0.463. The van der Waals surface area contributed by atoms with Crippen LogP contribution in [0.3, 0.4) is 0 Å². The lowest BCUT2D eigenvalue weighted by Gasteiger charge is -2.02. The van der Waals surface area contributed by atoms with Crippen LogP contribution in [0.1, 0.15) is 0 Å². The molecule has 0 aliphatic rings. The van der Waals surface area contributed by atoms with Crippen molar-refractivity contribution in [2.45, 2.75) is 0 Å². The summed E-state index contributed by atoms with van der Waals surface area (Å²) in [6, 6.07) is 11.9. The molecule has 80 valence electrons. The van der Waals surface area contributed by atoms with Crippen molar-refractivity contribution in [2.24, 2.45) is 0 Å². The lowest BCUT2D eigenvalue weighted by atomic mass is 10.2. The molecule has 0 bridgehead atoms. The minimum absolute atomic E-state index is 0.851. The number of imidazole rings is 1. The molecular weight excluding hydrogens is 212 g/mol. The molecule has 17 heavy (non-hydrogen) atoms. The van der Waals surface area contributed by atoms with Gasteiger partial charge < -0.3 is 4.98 Å². The van der Waals surface area contributed by atoms with E-state index < -0.39 is 0 Å². The molecule has 0 radical (unpaired) electrons. The molecule has 0 spiro atoms. The van der Waals surface area contributed by atoms with Gasteiger partial charge in [0.25, 0.3) is 0 Å². The summed E-state index contributed by atoms with van der Waals surface area (Å²) >= 11 is 0. The fourth-order valence-corrected chi connectivity index (χ4v) is 2.11. The lowest BCUT2D eigenvalue weighted by molar-refractivity contribution is 1.34. The maximum absolute atomic E-state index is 4.64. The summed E-state index contributed by atoms with van der Waals surface area (Å²) in [4.78, 5) is 16.4. The average molecular weight is 220 g/mol. The van der Waals surface area contributed by atoms with E-state index in [-0.39, 0.29) is 0 Å². The van der Waals surface area contributed by atoms with Gasteiger partial charge in [0, 0.05) is 0 Å². The second-order valence-electron chi connectivity index (χ2n) is 3.96. The van der Waals surface area contributed by atoms with E-state index in [1.165, 1.54) is 0 Å². The molecule has 0 saturated heterocycles. The number of aromatic amines is 1. The standard InChI is InChI=1S/C13H8N4/c1-2-4-9-8(3-1)16-11-6-5-10-12(13(11)17-9)15-7-14-10/h1-7,16H. The second kappa shape index (κ2) is 3.01. The first-order chi connectivity index (χ1) is 8.42. The summed E-state index contributed by atoms with van der Waals surface area (Å²) < 4.78 is 0. The van der Waals surface area contributed by atoms with Crippen LogP contribution in [0.15, 0.2) is 42.7 Å². The van der Waals surface area contributed by atoms with Gasteiger partial charge in [0.05, 0.1) is 22.1 Å². The van der Waals surface area contributed by atoms with Crippen molar-refractivity contribution < 1.29 is 0 Å². The predicted octanol–water partition coefficient (Wildman–Crippen LogP) is 2.66. The van der Waals surface area contributed by atoms with Crippen LogP contribution < -0.4 is 0 Å². The Morgan fingerprint density at radius 1 is 0.765 bits per heavy atom. The van der Waals surface area contributed by atoms with Gasteiger partial charge >= 0.3 is 0 Å². The SMILES string of the molecule is c1ccc2[nH]c3ccc4ncnc4c3nc2c1. The number of hydrogen-bond donors (Lipinski definition) is 1. The van der Waals surface area contributed by atoms with E-state index in [0.717, 1.165) is 33.1 Å². The molecule has 4 aromatic rings. The zero-order valence-electron chi connectivity index (χ0n) is 8.88. The second-order valence-corrected chi connectivity index (χ2v) is 3.96. The summed E-state index contributed by atoms with van der Waals surface area (Å²) in [6.45, 7) is 0. The molecule has 2 heterocycles. The Labute approximate surface area is 96.3 Å². The Balaban J connectivity index is 2.29. The van der Waals surface area contributed by atoms with Crippen molar-refractivity contribution in [3.8, 4) is 0 Å². The van der Waals surface area contributed by atoms with Gasteiger partial charge in [-0.15, -0.1) is 0 Å². The molecular formula is C13H8N4. The van der Waals surface area contributed by atoms with E-state index in [1.54, 1.807) is 6.33 Å². The Morgan fingerprint density at radius 2 is 1.71 bits per heavy atom. The third-order valence-electron chi connectivity index (χ3n) is 2.92. The van der Waals surface area contributed by atoms with E-state index in [2.05, 4.69) is 19.9 Å². The zero-order valence-corrected chi connectivity index (χ0v) is 8.88. The zero-order chi connectivity index (χ0) is 11.2. The first-order valence-corrected chi connectivity index (χ1v) is 5.40. The summed E-state index contributed by atoms with van der Waals surface area (Å²) in [6.07, 6.45) is 1.57. The Kier molecular flexibility index (Phi) is 1.53. The van der Waals surface area contributed by atoms with Crippen LogP contribution in [0.5, 0.6) is 0 Å². The van der Waals surface area contributed by atoms with Gasteiger partial charge in [0.2, 0.25) is 0 Å². The number of benzene rings is 2. The Hall–Kier alpha value is -2.49. The van der Waals surface area contributed by atoms with E-state index in [1.807, 2.05) is 36.4 Å². The van der Waals surface area contributed by atoms with Crippen molar-refractivity contribution in [3.63, 3.8) is 0 Å². The van der Waals surface area contributed by atoms with Crippen LogP contribution in [0.25, 0.3) is 33.1 Å². The molecule has 2 aromatic carbocycles. The minimum Gasteiger partial charge on any atom is -0.352 e. The van der Waals surface area contributed by atoms with Crippen molar-refractivity contribution in [3.05, 3.63) is 42.7 Å². The molecule has 0 amide bonds. The van der Waals surface area contributed by atoms with Crippen molar-refractivity contribution in [1.82, 2.24) is 19.9 Å². The number of aromatic nitrogens is 4. The van der Waals surface area contributed by atoms with E-state index in [0.29, 0.717) is 0 Å². The minimum atomic E-state index is 0.851. The number of fused-ring (bicyclic) bond motifs is 4. The van der Waals surface area contributed by atoms with Crippen LogP contribution >= 0.6 is 0 Å². The lowest BCUT2D eigenvalue weighted by Crippen LogP contribution is -1.88. The number of H-pyrrole nitrogens is 1. The van der Waals surface area contributed by atoms with Crippen molar-refractivity contribution in [2.75, 3.05) is 0 Å². The van der Waals surface area contributed by atoms with Crippen LogP contribution in [0, 0.1) is 0 Å². The number of nitrogens with one attached hydrogen (secondary N) is 1. The third kappa shape index (κ3) is 1.15. The summed E-state index contributed by atoms with van der Waals surface area (Å²) in [5, 5.41) is 0. The topological polar surface area (TPSA) is 54.5 Å². The molecule has 0 aliphatic carbocycles. The molecule has 4 heteroatoms. The highest BCUT2D eigenvalue weighted by Crippen LogP contribution is 2.21. The van der Waals surface area contributed by atoms with Gasteiger partial charge in [0.1, 0.15) is 17.4 Å². The molecule has 4 nitrogen and oxygen atoms in total. The first-order valence-electron chi connectivity index (χ1n) is 5.40. The highest BCUT2D eigenvalue weighted by atomic mass is 14.9. The molecule has 0 atom stereocenters. The fourth-order valence-electron chi connectivity index (χ4n) is 2.11. The van der Waals surface area contributed by atoms with Gasteiger partial charge in [-0.2, -0.15) is 0 Å². The maximum atomic E-state index is 4.64.